The summed E-state index contributed by atoms with van der Waals surface area (Å²) in [6.07, 6.45) is 4.05. The van der Waals surface area contributed by atoms with Crippen molar-refractivity contribution in [2.45, 2.75) is 51.6 Å². The highest BCUT2D eigenvalue weighted by Crippen LogP contribution is 2.26. The fourth-order valence-electron chi connectivity index (χ4n) is 2.15. The zero-order valence-electron chi connectivity index (χ0n) is 11.3. The van der Waals surface area contributed by atoms with Crippen molar-refractivity contribution in [1.29, 1.82) is 0 Å². The average Bonchev–Trinajstić information content (AvgIpc) is 2.79. The number of aromatic nitrogens is 2. The van der Waals surface area contributed by atoms with Crippen molar-refractivity contribution in [3.8, 4) is 0 Å². The molecule has 1 amide bonds. The number of amides is 1. The number of carbonyl (C=O) groups excluding carboxylic acids is 1. The first kappa shape index (κ1) is 14.0. The Morgan fingerprint density at radius 1 is 1.47 bits per heavy atom. The van der Waals surface area contributed by atoms with E-state index in [2.05, 4.69) is 22.4 Å². The topological polar surface area (TPSA) is 88.2 Å². The molecule has 0 aliphatic heterocycles. The van der Waals surface area contributed by atoms with E-state index in [9.17, 15) is 4.79 Å². The van der Waals surface area contributed by atoms with Crippen LogP contribution in [0.25, 0.3) is 0 Å². The van der Waals surface area contributed by atoms with Crippen molar-refractivity contribution < 1.29 is 14.4 Å². The fourth-order valence-corrected chi connectivity index (χ4v) is 2.15. The number of aliphatic hydroxyl groups is 1. The number of carbonyl (C=O) groups is 1. The minimum absolute atomic E-state index is 0.00312. The molecule has 1 heterocycles. The summed E-state index contributed by atoms with van der Waals surface area (Å²) < 4.78 is 5.07. The molecule has 0 unspecified atom stereocenters. The molecule has 6 heteroatoms. The van der Waals surface area contributed by atoms with Crippen LogP contribution in [0.5, 0.6) is 0 Å². The Morgan fingerprint density at radius 2 is 2.26 bits per heavy atom. The van der Waals surface area contributed by atoms with Crippen molar-refractivity contribution in [1.82, 2.24) is 15.5 Å². The number of rotatable bonds is 7. The number of hydrogen-bond acceptors (Lipinski definition) is 5. The molecule has 1 aromatic rings. The lowest BCUT2D eigenvalue weighted by Crippen LogP contribution is -2.38. The lowest BCUT2D eigenvalue weighted by atomic mass is 9.82. The number of aliphatic hydroxyl groups excluding tert-OH is 1. The second-order valence-corrected chi connectivity index (χ2v) is 5.15. The highest BCUT2D eigenvalue weighted by atomic mass is 16.5. The lowest BCUT2D eigenvalue weighted by Gasteiger charge is -2.31. The average molecular weight is 267 g/mol. The van der Waals surface area contributed by atoms with Gasteiger partial charge in [-0.3, -0.25) is 4.79 Å². The Kier molecular flexibility index (Phi) is 4.90. The largest absolute Gasteiger partial charge is 0.393 e. The van der Waals surface area contributed by atoms with Crippen molar-refractivity contribution >= 4 is 5.91 Å². The monoisotopic (exact) mass is 267 g/mol. The van der Waals surface area contributed by atoms with Gasteiger partial charge in [0, 0.05) is 25.8 Å². The summed E-state index contributed by atoms with van der Waals surface area (Å²) in [5.41, 5.74) is 0. The van der Waals surface area contributed by atoms with Gasteiger partial charge in [-0.1, -0.05) is 12.1 Å². The molecule has 1 aliphatic rings. The van der Waals surface area contributed by atoms with Gasteiger partial charge in [0.2, 0.25) is 11.8 Å². The van der Waals surface area contributed by atoms with E-state index in [0.717, 1.165) is 25.7 Å². The van der Waals surface area contributed by atoms with E-state index >= 15 is 0 Å². The van der Waals surface area contributed by atoms with Crippen LogP contribution in [0.3, 0.4) is 0 Å². The highest BCUT2D eigenvalue weighted by Gasteiger charge is 2.27. The van der Waals surface area contributed by atoms with Crippen LogP contribution >= 0.6 is 0 Å². The standard InChI is InChI=1S/C13H21N3O3/c1-2-3-11-15-13(19-16-11)5-4-12(18)14-8-9-6-10(17)7-9/h9-10,17H,2-8H2,1H3,(H,14,18). The third-order valence-electron chi connectivity index (χ3n) is 3.35. The van der Waals surface area contributed by atoms with Crippen LogP contribution in [0, 0.1) is 5.92 Å². The molecule has 0 aromatic carbocycles. The van der Waals surface area contributed by atoms with Crippen molar-refractivity contribution in [3.05, 3.63) is 11.7 Å². The van der Waals surface area contributed by atoms with Crippen LogP contribution in [0.1, 0.15) is 44.3 Å². The van der Waals surface area contributed by atoms with Crippen LogP contribution in [0.15, 0.2) is 4.52 Å². The van der Waals surface area contributed by atoms with Gasteiger partial charge in [-0.25, -0.2) is 0 Å². The second kappa shape index (κ2) is 6.65. The molecular formula is C13H21N3O3. The smallest absolute Gasteiger partial charge is 0.227 e. The molecule has 0 radical (unpaired) electrons. The first-order valence-electron chi connectivity index (χ1n) is 6.93. The van der Waals surface area contributed by atoms with E-state index in [1.54, 1.807) is 0 Å². The summed E-state index contributed by atoms with van der Waals surface area (Å²) in [7, 11) is 0. The van der Waals surface area contributed by atoms with E-state index < -0.39 is 0 Å². The van der Waals surface area contributed by atoms with Crippen LogP contribution in [-0.4, -0.2) is 33.8 Å². The van der Waals surface area contributed by atoms with Crippen LogP contribution < -0.4 is 5.32 Å². The van der Waals surface area contributed by atoms with E-state index in [-0.39, 0.29) is 12.0 Å². The second-order valence-electron chi connectivity index (χ2n) is 5.15. The molecule has 0 atom stereocenters. The van der Waals surface area contributed by atoms with Gasteiger partial charge in [-0.05, 0) is 25.2 Å². The van der Waals surface area contributed by atoms with Gasteiger partial charge in [-0.15, -0.1) is 0 Å². The van der Waals surface area contributed by atoms with Gasteiger partial charge in [0.05, 0.1) is 6.10 Å². The molecule has 106 valence electrons. The maximum Gasteiger partial charge on any atom is 0.227 e. The Bertz CT molecular complexity index is 413. The molecule has 2 N–H and O–H groups in total. The zero-order valence-corrected chi connectivity index (χ0v) is 11.3. The van der Waals surface area contributed by atoms with E-state index in [1.165, 1.54) is 0 Å². The molecule has 1 fully saturated rings. The van der Waals surface area contributed by atoms with Gasteiger partial charge in [0.1, 0.15) is 0 Å². The minimum atomic E-state index is -0.169. The summed E-state index contributed by atoms with van der Waals surface area (Å²) >= 11 is 0. The normalized spacial score (nSPS) is 22.0. The highest BCUT2D eigenvalue weighted by molar-refractivity contribution is 5.76. The third kappa shape index (κ3) is 4.31. The van der Waals surface area contributed by atoms with Crippen molar-refractivity contribution in [2.24, 2.45) is 5.92 Å². The molecule has 0 saturated heterocycles. The summed E-state index contributed by atoms with van der Waals surface area (Å²) in [5, 5.41) is 15.9. The van der Waals surface area contributed by atoms with Gasteiger partial charge in [0.25, 0.3) is 0 Å². The van der Waals surface area contributed by atoms with Gasteiger partial charge in [-0.2, -0.15) is 4.98 Å². The molecule has 2 rings (SSSR count). The maximum atomic E-state index is 11.6. The van der Waals surface area contributed by atoms with E-state index in [4.69, 9.17) is 9.63 Å². The number of nitrogens with one attached hydrogen (secondary N) is 1. The summed E-state index contributed by atoms with van der Waals surface area (Å²) in [4.78, 5) is 15.8. The van der Waals surface area contributed by atoms with E-state index in [0.29, 0.717) is 37.0 Å². The van der Waals surface area contributed by atoms with Crippen LogP contribution in [0.4, 0.5) is 0 Å². The van der Waals surface area contributed by atoms with Crippen LogP contribution in [0.2, 0.25) is 0 Å². The Balaban J connectivity index is 1.62. The summed E-state index contributed by atoms with van der Waals surface area (Å²) in [5.74, 6) is 1.66. The first-order valence-corrected chi connectivity index (χ1v) is 6.93. The number of aryl methyl sites for hydroxylation is 2. The van der Waals surface area contributed by atoms with Crippen molar-refractivity contribution in [3.63, 3.8) is 0 Å². The Labute approximate surface area is 112 Å². The molecule has 1 aliphatic carbocycles. The zero-order chi connectivity index (χ0) is 13.7. The molecule has 0 spiro atoms. The van der Waals surface area contributed by atoms with Gasteiger partial charge in [0.15, 0.2) is 5.82 Å². The summed E-state index contributed by atoms with van der Waals surface area (Å²) in [6.45, 7) is 2.71. The number of hydrogen-bond donors (Lipinski definition) is 2. The Hall–Kier alpha value is -1.43. The molecule has 1 saturated carbocycles. The molecule has 0 bridgehead atoms. The molecule has 6 nitrogen and oxygen atoms in total. The molecule has 1 aromatic heterocycles. The van der Waals surface area contributed by atoms with E-state index in [1.807, 2.05) is 0 Å². The predicted octanol–water partition coefficient (Wildman–Crippen LogP) is 0.842. The maximum absolute atomic E-state index is 11.6. The first-order chi connectivity index (χ1) is 9.17. The quantitative estimate of drug-likeness (QED) is 0.764. The predicted molar refractivity (Wildman–Crippen MR) is 68.4 cm³/mol. The summed E-state index contributed by atoms with van der Waals surface area (Å²) in [6, 6.07) is 0. The number of nitrogens with zero attached hydrogens (tertiary/aromatic N) is 2. The molecular weight excluding hydrogens is 246 g/mol. The lowest BCUT2D eigenvalue weighted by molar-refractivity contribution is -0.121. The van der Waals surface area contributed by atoms with Crippen molar-refractivity contribution in [2.75, 3.05) is 6.54 Å². The third-order valence-corrected chi connectivity index (χ3v) is 3.35. The minimum Gasteiger partial charge on any atom is -0.393 e. The Morgan fingerprint density at radius 3 is 2.95 bits per heavy atom. The molecule has 19 heavy (non-hydrogen) atoms. The fraction of sp³-hybridized carbons (Fsp3) is 0.769. The van der Waals surface area contributed by atoms with Gasteiger partial charge >= 0.3 is 0 Å². The van der Waals surface area contributed by atoms with Gasteiger partial charge < -0.3 is 14.9 Å². The van der Waals surface area contributed by atoms with Crippen LogP contribution in [-0.2, 0) is 17.6 Å². The SMILES string of the molecule is CCCc1noc(CCC(=O)NCC2CC(O)C2)n1.